The summed E-state index contributed by atoms with van der Waals surface area (Å²) < 4.78 is 21.7. The Kier molecular flexibility index (Phi) is 3.77. The standard InChI is InChI=1S/C14H9BrClFN2OS/c1-20-13-3-2-7(16)4-12(13)19-11-6-9(17)8(15)5-10(11)18-14(19)21/h2-6H,1H3,(H,18,21). The molecule has 0 bridgehead atoms. The van der Waals surface area contributed by atoms with Crippen LogP contribution in [0.1, 0.15) is 0 Å². The van der Waals surface area contributed by atoms with E-state index in [1.807, 2.05) is 0 Å². The summed E-state index contributed by atoms with van der Waals surface area (Å²) in [6, 6.07) is 8.25. The molecule has 0 saturated carbocycles. The molecule has 0 saturated heterocycles. The Morgan fingerprint density at radius 1 is 1.33 bits per heavy atom. The summed E-state index contributed by atoms with van der Waals surface area (Å²) in [4.78, 5) is 3.05. The molecule has 7 heteroatoms. The molecule has 3 aromatic rings. The fourth-order valence-corrected chi connectivity index (χ4v) is 3.00. The van der Waals surface area contributed by atoms with E-state index in [-0.39, 0.29) is 5.82 Å². The lowest BCUT2D eigenvalue weighted by atomic mass is 10.2. The van der Waals surface area contributed by atoms with Crippen molar-refractivity contribution < 1.29 is 9.13 Å². The zero-order valence-corrected chi connectivity index (χ0v) is 13.9. The van der Waals surface area contributed by atoms with Gasteiger partial charge >= 0.3 is 0 Å². The predicted octanol–water partition coefficient (Wildman–Crippen LogP) is 5.25. The van der Waals surface area contributed by atoms with Crippen molar-refractivity contribution in [2.75, 3.05) is 7.11 Å². The Morgan fingerprint density at radius 3 is 2.81 bits per heavy atom. The maximum atomic E-state index is 13.8. The first-order chi connectivity index (χ1) is 10.0. The Balaban J connectivity index is 2.40. The molecule has 0 aliphatic rings. The second-order valence-corrected chi connectivity index (χ2v) is 6.04. The van der Waals surface area contributed by atoms with E-state index in [4.69, 9.17) is 28.6 Å². The van der Waals surface area contributed by atoms with Crippen LogP contribution >= 0.6 is 39.7 Å². The average molecular weight is 388 g/mol. The molecule has 1 aromatic heterocycles. The van der Waals surface area contributed by atoms with Crippen LogP contribution in [0, 0.1) is 10.6 Å². The number of aromatic nitrogens is 2. The van der Waals surface area contributed by atoms with Crippen molar-refractivity contribution in [3.63, 3.8) is 0 Å². The molecule has 0 aliphatic heterocycles. The fraction of sp³-hybridized carbons (Fsp3) is 0.0714. The van der Waals surface area contributed by atoms with Crippen molar-refractivity contribution in [3.05, 3.63) is 50.4 Å². The van der Waals surface area contributed by atoms with Gasteiger partial charge in [0, 0.05) is 11.1 Å². The first kappa shape index (κ1) is 14.6. The molecule has 1 N–H and O–H groups in total. The minimum Gasteiger partial charge on any atom is -0.495 e. The number of fused-ring (bicyclic) bond motifs is 1. The number of aromatic amines is 1. The fourth-order valence-electron chi connectivity index (χ4n) is 2.18. The zero-order chi connectivity index (χ0) is 15.1. The van der Waals surface area contributed by atoms with E-state index in [2.05, 4.69) is 20.9 Å². The Morgan fingerprint density at radius 2 is 2.10 bits per heavy atom. The first-order valence-electron chi connectivity index (χ1n) is 5.95. The van der Waals surface area contributed by atoms with Crippen LogP contribution in [0.5, 0.6) is 5.75 Å². The number of hydrogen-bond acceptors (Lipinski definition) is 2. The molecule has 0 atom stereocenters. The lowest BCUT2D eigenvalue weighted by molar-refractivity contribution is 0.413. The van der Waals surface area contributed by atoms with E-state index < -0.39 is 0 Å². The minimum atomic E-state index is -0.369. The molecule has 21 heavy (non-hydrogen) atoms. The van der Waals surface area contributed by atoms with Crippen LogP contribution in [0.3, 0.4) is 0 Å². The first-order valence-corrected chi connectivity index (χ1v) is 7.53. The molecular formula is C14H9BrClFN2OS. The van der Waals surface area contributed by atoms with Crippen molar-refractivity contribution in [1.82, 2.24) is 9.55 Å². The number of imidazole rings is 1. The average Bonchev–Trinajstić information content (AvgIpc) is 2.74. The summed E-state index contributed by atoms with van der Waals surface area (Å²) in [7, 11) is 1.56. The molecule has 0 spiro atoms. The van der Waals surface area contributed by atoms with Gasteiger partial charge in [-0.1, -0.05) is 11.6 Å². The number of methoxy groups -OCH3 is 1. The van der Waals surface area contributed by atoms with Crippen molar-refractivity contribution in [3.8, 4) is 11.4 Å². The van der Waals surface area contributed by atoms with Crippen molar-refractivity contribution >= 4 is 50.8 Å². The van der Waals surface area contributed by atoms with Crippen LogP contribution in [0.4, 0.5) is 4.39 Å². The number of rotatable bonds is 2. The maximum Gasteiger partial charge on any atom is 0.182 e. The smallest absolute Gasteiger partial charge is 0.182 e. The summed E-state index contributed by atoms with van der Waals surface area (Å²) in [5.74, 6) is 0.228. The van der Waals surface area contributed by atoms with Gasteiger partial charge in [0.25, 0.3) is 0 Å². The van der Waals surface area contributed by atoms with Crippen LogP contribution in [0.2, 0.25) is 5.02 Å². The van der Waals surface area contributed by atoms with Crippen LogP contribution in [0.25, 0.3) is 16.7 Å². The summed E-state index contributed by atoms with van der Waals surface area (Å²) in [6.07, 6.45) is 0. The molecule has 2 aromatic carbocycles. The van der Waals surface area contributed by atoms with E-state index >= 15 is 0 Å². The third kappa shape index (κ3) is 2.47. The Bertz CT molecular complexity index is 906. The third-order valence-corrected chi connectivity index (χ3v) is 4.23. The SMILES string of the molecule is COc1ccc(Cl)cc1-n1c(=S)[nH]c2cc(Br)c(F)cc21. The van der Waals surface area contributed by atoms with Crippen molar-refractivity contribution in [1.29, 1.82) is 0 Å². The number of nitrogens with one attached hydrogen (secondary N) is 1. The lowest BCUT2D eigenvalue weighted by Crippen LogP contribution is -1.98. The van der Waals surface area contributed by atoms with E-state index in [0.29, 0.717) is 31.2 Å². The van der Waals surface area contributed by atoms with Gasteiger partial charge in [0.05, 0.1) is 28.3 Å². The molecule has 108 valence electrons. The van der Waals surface area contributed by atoms with Gasteiger partial charge in [-0.2, -0.15) is 0 Å². The molecule has 0 radical (unpaired) electrons. The predicted molar refractivity (Wildman–Crippen MR) is 87.7 cm³/mol. The minimum absolute atomic E-state index is 0.369. The van der Waals surface area contributed by atoms with Crippen LogP contribution < -0.4 is 4.74 Å². The van der Waals surface area contributed by atoms with Crippen molar-refractivity contribution in [2.24, 2.45) is 0 Å². The van der Waals surface area contributed by atoms with Gasteiger partial charge in [0.15, 0.2) is 4.77 Å². The second kappa shape index (κ2) is 5.44. The van der Waals surface area contributed by atoms with E-state index in [1.54, 1.807) is 35.9 Å². The normalized spacial score (nSPS) is 11.0. The number of nitrogens with zero attached hydrogens (tertiary/aromatic N) is 1. The molecule has 3 nitrogen and oxygen atoms in total. The second-order valence-electron chi connectivity index (χ2n) is 4.37. The summed E-state index contributed by atoms with van der Waals surface area (Å²) in [5, 5.41) is 0.541. The van der Waals surface area contributed by atoms with Gasteiger partial charge in [0.1, 0.15) is 11.6 Å². The molecule has 3 rings (SSSR count). The van der Waals surface area contributed by atoms with Crippen LogP contribution in [-0.2, 0) is 0 Å². The van der Waals surface area contributed by atoms with Crippen LogP contribution in [-0.4, -0.2) is 16.7 Å². The van der Waals surface area contributed by atoms with E-state index in [0.717, 1.165) is 5.52 Å². The highest BCUT2D eigenvalue weighted by Crippen LogP contribution is 2.31. The highest BCUT2D eigenvalue weighted by molar-refractivity contribution is 9.10. The van der Waals surface area contributed by atoms with E-state index in [9.17, 15) is 4.39 Å². The molecule has 0 aliphatic carbocycles. The number of benzene rings is 2. The topological polar surface area (TPSA) is 29.9 Å². The molecule has 1 heterocycles. The van der Waals surface area contributed by atoms with Gasteiger partial charge in [0.2, 0.25) is 0 Å². The third-order valence-electron chi connectivity index (χ3n) is 3.11. The van der Waals surface area contributed by atoms with Gasteiger partial charge in [-0.25, -0.2) is 4.39 Å². The zero-order valence-electron chi connectivity index (χ0n) is 10.8. The van der Waals surface area contributed by atoms with Gasteiger partial charge in [-0.3, -0.25) is 4.57 Å². The highest BCUT2D eigenvalue weighted by Gasteiger charge is 2.14. The molecule has 0 unspecified atom stereocenters. The summed E-state index contributed by atoms with van der Waals surface area (Å²) >= 11 is 14.6. The molecule has 0 amide bonds. The van der Waals surface area contributed by atoms with E-state index in [1.165, 1.54) is 6.07 Å². The monoisotopic (exact) mass is 386 g/mol. The summed E-state index contributed by atoms with van der Waals surface area (Å²) in [5.41, 5.74) is 1.99. The molecule has 0 fully saturated rings. The number of halogens is 3. The van der Waals surface area contributed by atoms with Gasteiger partial charge in [-0.05, 0) is 52.4 Å². The van der Waals surface area contributed by atoms with Crippen molar-refractivity contribution in [2.45, 2.75) is 0 Å². The lowest BCUT2D eigenvalue weighted by Gasteiger charge is -2.11. The summed E-state index contributed by atoms with van der Waals surface area (Å²) in [6.45, 7) is 0. The number of ether oxygens (including phenoxy) is 1. The largest absolute Gasteiger partial charge is 0.495 e. The maximum absolute atomic E-state index is 13.8. The highest BCUT2D eigenvalue weighted by atomic mass is 79.9. The number of hydrogen-bond donors (Lipinski definition) is 1. The van der Waals surface area contributed by atoms with Gasteiger partial charge in [-0.15, -0.1) is 0 Å². The van der Waals surface area contributed by atoms with Crippen LogP contribution in [0.15, 0.2) is 34.8 Å². The Hall–Kier alpha value is -1.37. The number of H-pyrrole nitrogens is 1. The Labute approximate surface area is 138 Å². The quantitative estimate of drug-likeness (QED) is 0.609. The molecular weight excluding hydrogens is 379 g/mol. The van der Waals surface area contributed by atoms with Gasteiger partial charge < -0.3 is 9.72 Å².